The lowest BCUT2D eigenvalue weighted by molar-refractivity contribution is 0.398. The van der Waals surface area contributed by atoms with Crippen LogP contribution in [0.1, 0.15) is 20.8 Å². The molecule has 0 aromatic carbocycles. The van der Waals surface area contributed by atoms with Gasteiger partial charge in [0.25, 0.3) is 5.56 Å². The maximum Gasteiger partial charge on any atom is 0.264 e. The van der Waals surface area contributed by atoms with Crippen LogP contribution in [0, 0.1) is 5.41 Å². The van der Waals surface area contributed by atoms with Gasteiger partial charge in [-0.2, -0.15) is 8.42 Å². The van der Waals surface area contributed by atoms with Gasteiger partial charge >= 0.3 is 0 Å². The summed E-state index contributed by atoms with van der Waals surface area (Å²) in [5, 5.41) is 6.02. The van der Waals surface area contributed by atoms with Crippen LogP contribution in [0.4, 0.5) is 0 Å². The minimum atomic E-state index is -2.28. The summed E-state index contributed by atoms with van der Waals surface area (Å²) in [5.74, 6) is 0.759. The molecule has 1 aromatic rings. The highest BCUT2D eigenvalue weighted by molar-refractivity contribution is 7.73. The number of rotatable bonds is 2. The van der Waals surface area contributed by atoms with Crippen LogP contribution >= 0.6 is 0 Å². The molecule has 6 nitrogen and oxygen atoms in total. The minimum Gasteiger partial charge on any atom is -0.438 e. The van der Waals surface area contributed by atoms with Crippen LogP contribution in [0.5, 0.6) is 5.88 Å². The molecule has 0 amide bonds. The second-order valence-electron chi connectivity index (χ2n) is 4.91. The Morgan fingerprint density at radius 3 is 2.50 bits per heavy atom. The van der Waals surface area contributed by atoms with Crippen LogP contribution < -0.4 is 10.3 Å². The van der Waals surface area contributed by atoms with Gasteiger partial charge in [0.2, 0.25) is 16.2 Å². The number of hydrogen-bond acceptors (Lipinski definition) is 5. The van der Waals surface area contributed by atoms with Crippen molar-refractivity contribution < 1.29 is 13.2 Å². The predicted molar refractivity (Wildman–Crippen MR) is 75.0 cm³/mol. The Balaban J connectivity index is 2.42. The average Bonchev–Trinajstić information content (AvgIpc) is 2.37. The molecule has 0 bridgehead atoms. The second-order valence-corrected chi connectivity index (χ2v) is 5.82. The van der Waals surface area contributed by atoms with Crippen LogP contribution in [0.3, 0.4) is 0 Å². The van der Waals surface area contributed by atoms with E-state index < -0.39 is 15.7 Å². The van der Waals surface area contributed by atoms with Gasteiger partial charge in [-0.05, 0) is 24.6 Å². The van der Waals surface area contributed by atoms with E-state index in [9.17, 15) is 13.2 Å². The molecule has 1 N–H and O–H groups in total. The van der Waals surface area contributed by atoms with Crippen LogP contribution in [-0.4, -0.2) is 23.5 Å². The van der Waals surface area contributed by atoms with Gasteiger partial charge in [0, 0.05) is 17.5 Å². The highest BCUT2D eigenvalue weighted by Gasteiger charge is 2.32. The number of allylic oxidation sites excluding steroid dienone is 3. The molecule has 20 heavy (non-hydrogen) atoms. The molecule has 0 atom stereocenters. The normalized spacial score (nSPS) is 17.2. The van der Waals surface area contributed by atoms with Crippen molar-refractivity contribution in [2.75, 3.05) is 0 Å². The zero-order valence-electron chi connectivity index (χ0n) is 11.3. The number of H-pyrrole nitrogens is 1. The number of ether oxygens (including phenoxy) is 1. The van der Waals surface area contributed by atoms with Gasteiger partial charge in [0.15, 0.2) is 0 Å². The van der Waals surface area contributed by atoms with E-state index in [1.54, 1.807) is 26.8 Å². The molecule has 0 fully saturated rings. The fourth-order valence-corrected chi connectivity index (χ4v) is 2.60. The molecule has 1 aliphatic carbocycles. The van der Waals surface area contributed by atoms with E-state index in [1.807, 2.05) is 0 Å². The molecule has 0 saturated carbocycles. The van der Waals surface area contributed by atoms with E-state index in [4.69, 9.17) is 4.74 Å². The molecule has 1 heterocycles. The molecule has 0 radical (unpaired) electrons. The average molecular weight is 294 g/mol. The van der Waals surface area contributed by atoms with Crippen LogP contribution in [0.25, 0.3) is 0 Å². The van der Waals surface area contributed by atoms with E-state index >= 15 is 0 Å². The van der Waals surface area contributed by atoms with Crippen LogP contribution in [0.2, 0.25) is 0 Å². The molecule has 1 aromatic heterocycles. The van der Waals surface area contributed by atoms with Crippen molar-refractivity contribution in [1.29, 1.82) is 0 Å². The number of aromatic nitrogens is 2. The smallest absolute Gasteiger partial charge is 0.264 e. The van der Waals surface area contributed by atoms with Gasteiger partial charge < -0.3 is 4.74 Å². The van der Waals surface area contributed by atoms with Crippen molar-refractivity contribution in [3.63, 3.8) is 0 Å². The largest absolute Gasteiger partial charge is 0.438 e. The third-order valence-corrected chi connectivity index (χ3v) is 4.36. The van der Waals surface area contributed by atoms with Crippen molar-refractivity contribution in [3.8, 4) is 5.88 Å². The topological polar surface area (TPSA) is 89.1 Å². The van der Waals surface area contributed by atoms with Gasteiger partial charge in [0.05, 0.1) is 4.86 Å². The van der Waals surface area contributed by atoms with E-state index in [1.165, 1.54) is 18.2 Å². The summed E-state index contributed by atoms with van der Waals surface area (Å²) in [4.78, 5) is 11.2. The van der Waals surface area contributed by atoms with Gasteiger partial charge in [-0.1, -0.05) is 13.8 Å². The molecule has 0 spiro atoms. The standard InChI is InChI=1S/C13H14N2O4S/c1-8-9(19-12-7-6-11(16)14-15-12)4-5-10(20(17)18)13(8,2)3/h4-7H,1-3H3,(H,14,16). The van der Waals surface area contributed by atoms with Crippen LogP contribution in [-0.2, 0) is 10.3 Å². The maximum atomic E-state index is 11.2. The molecule has 0 unspecified atom stereocenters. The highest BCUT2D eigenvalue weighted by atomic mass is 32.2. The van der Waals surface area contributed by atoms with Crippen molar-refractivity contribution in [2.24, 2.45) is 5.41 Å². The summed E-state index contributed by atoms with van der Waals surface area (Å²) in [7, 11) is -2.28. The summed E-state index contributed by atoms with van der Waals surface area (Å²) >= 11 is 0. The Labute approximate surface area is 117 Å². The zero-order chi connectivity index (χ0) is 14.9. The summed E-state index contributed by atoms with van der Waals surface area (Å²) in [5.41, 5.74) is -0.203. The van der Waals surface area contributed by atoms with E-state index in [-0.39, 0.29) is 11.4 Å². The van der Waals surface area contributed by atoms with E-state index in [0.29, 0.717) is 10.6 Å². The molecule has 1 aliphatic rings. The van der Waals surface area contributed by atoms with Crippen molar-refractivity contribution in [1.82, 2.24) is 10.2 Å². The van der Waals surface area contributed by atoms with Crippen molar-refractivity contribution >= 4 is 15.2 Å². The third kappa shape index (κ3) is 2.57. The van der Waals surface area contributed by atoms with Crippen molar-refractivity contribution in [2.45, 2.75) is 20.8 Å². The molecule has 106 valence electrons. The SMILES string of the molecule is CC1=C(Oc2ccc(=O)[nH]n2)C=CC(=S(=O)=O)C1(C)C. The maximum absolute atomic E-state index is 11.2. The van der Waals surface area contributed by atoms with Gasteiger partial charge in [-0.15, -0.1) is 5.10 Å². The first kappa shape index (κ1) is 14.3. The first-order valence-electron chi connectivity index (χ1n) is 5.92. The predicted octanol–water partition coefficient (Wildman–Crippen LogP) is 1.07. The molecular weight excluding hydrogens is 280 g/mol. The Hall–Kier alpha value is -2.15. The number of aromatic amines is 1. The van der Waals surface area contributed by atoms with Gasteiger partial charge in [-0.25, -0.2) is 5.10 Å². The fourth-order valence-electron chi connectivity index (χ4n) is 1.85. The first-order valence-corrected chi connectivity index (χ1v) is 6.99. The lowest BCUT2D eigenvalue weighted by atomic mass is 9.78. The number of hydrogen-bond donors (Lipinski definition) is 1. The second kappa shape index (κ2) is 5.09. The van der Waals surface area contributed by atoms with Crippen molar-refractivity contribution in [3.05, 3.63) is 46.0 Å². The lowest BCUT2D eigenvalue weighted by Gasteiger charge is -2.29. The molecule has 2 rings (SSSR count). The Morgan fingerprint density at radius 1 is 1.25 bits per heavy atom. The monoisotopic (exact) mass is 294 g/mol. The molecule has 0 saturated heterocycles. The summed E-state index contributed by atoms with van der Waals surface area (Å²) in [6, 6.07) is 2.76. The van der Waals surface area contributed by atoms with E-state index in [0.717, 1.165) is 5.57 Å². The summed E-state index contributed by atoms with van der Waals surface area (Å²) < 4.78 is 28.0. The zero-order valence-corrected chi connectivity index (χ0v) is 12.1. The molecular formula is C13H14N2O4S. The fraction of sp³-hybridized carbons (Fsp3) is 0.308. The summed E-state index contributed by atoms with van der Waals surface area (Å²) in [6.45, 7) is 5.42. The Kier molecular flexibility index (Phi) is 3.63. The van der Waals surface area contributed by atoms with Gasteiger partial charge in [-0.3, -0.25) is 4.79 Å². The molecule has 0 aliphatic heterocycles. The Bertz CT molecular complexity index is 769. The van der Waals surface area contributed by atoms with Gasteiger partial charge in [0.1, 0.15) is 5.76 Å². The van der Waals surface area contributed by atoms with Crippen LogP contribution in [0.15, 0.2) is 40.4 Å². The number of nitrogens with zero attached hydrogens (tertiary/aromatic N) is 1. The quantitative estimate of drug-likeness (QED) is 0.824. The lowest BCUT2D eigenvalue weighted by Crippen LogP contribution is -2.29. The molecule has 7 heteroatoms. The first-order chi connectivity index (χ1) is 9.32. The Morgan fingerprint density at radius 2 is 1.95 bits per heavy atom. The van der Waals surface area contributed by atoms with E-state index in [2.05, 4.69) is 10.2 Å². The highest BCUT2D eigenvalue weighted by Crippen LogP contribution is 2.34. The third-order valence-electron chi connectivity index (χ3n) is 3.36. The summed E-state index contributed by atoms with van der Waals surface area (Å²) in [6.07, 6.45) is 3.09. The minimum absolute atomic E-state index is 0.242. The number of nitrogens with one attached hydrogen (secondary N) is 1.